The van der Waals surface area contributed by atoms with Crippen LogP contribution in [0.3, 0.4) is 0 Å². The first kappa shape index (κ1) is 25.6. The summed E-state index contributed by atoms with van der Waals surface area (Å²) in [4.78, 5) is 25.0. The minimum absolute atomic E-state index is 0.0844. The van der Waals surface area contributed by atoms with Gasteiger partial charge in [-0.1, -0.05) is 29.3 Å². The number of rotatable bonds is 6. The highest BCUT2D eigenvalue weighted by molar-refractivity contribution is 6.36. The summed E-state index contributed by atoms with van der Waals surface area (Å²) in [5.74, 6) is -3.46. The van der Waals surface area contributed by atoms with Gasteiger partial charge in [-0.05, 0) is 43.3 Å². The Balaban J connectivity index is 2.59. The van der Waals surface area contributed by atoms with Crippen molar-refractivity contribution in [3.63, 3.8) is 0 Å². The lowest BCUT2D eigenvalue weighted by Gasteiger charge is -2.35. The summed E-state index contributed by atoms with van der Waals surface area (Å²) < 4.78 is 85.9. The van der Waals surface area contributed by atoms with Crippen LogP contribution in [0.25, 0.3) is 0 Å². The zero-order valence-electron chi connectivity index (χ0n) is 16.0. The molecule has 0 bridgehead atoms. The highest BCUT2D eigenvalue weighted by atomic mass is 35.5. The average molecular weight is 503 g/mol. The van der Waals surface area contributed by atoms with Crippen molar-refractivity contribution in [2.75, 3.05) is 11.9 Å². The molecule has 2 aromatic carbocycles. The lowest BCUT2D eigenvalue weighted by Crippen LogP contribution is -2.69. The number of carbonyl (C=O) groups is 2. The molecule has 0 unspecified atom stereocenters. The van der Waals surface area contributed by atoms with Gasteiger partial charge in [0.15, 0.2) is 0 Å². The smallest absolute Gasteiger partial charge is 0.441 e. The quantitative estimate of drug-likeness (QED) is 0.303. The Labute approximate surface area is 187 Å². The molecule has 1 amide bonds. The van der Waals surface area contributed by atoms with Crippen molar-refractivity contribution >= 4 is 40.8 Å². The van der Waals surface area contributed by atoms with E-state index in [0.29, 0.717) is 12.1 Å². The van der Waals surface area contributed by atoms with Crippen LogP contribution in [0.4, 0.5) is 32.0 Å². The van der Waals surface area contributed by atoms with Crippen molar-refractivity contribution in [3.05, 3.63) is 63.6 Å². The summed E-state index contributed by atoms with van der Waals surface area (Å²) in [5.41, 5.74) is -6.45. The predicted octanol–water partition coefficient (Wildman–Crippen LogP) is 5.68. The molecule has 2 aromatic rings. The maximum Gasteiger partial charge on any atom is 0.441 e. The molecule has 0 aliphatic carbocycles. The van der Waals surface area contributed by atoms with Crippen LogP contribution < -0.4 is 10.6 Å². The molecule has 0 saturated heterocycles. The molecule has 0 spiro atoms. The second-order valence-electron chi connectivity index (χ2n) is 6.25. The first-order chi connectivity index (χ1) is 14.7. The average Bonchev–Trinajstić information content (AvgIpc) is 2.66. The normalized spacial score (nSPS) is 13.8. The van der Waals surface area contributed by atoms with E-state index in [9.17, 15) is 35.9 Å². The fourth-order valence-corrected chi connectivity index (χ4v) is 3.03. The molecular formula is C19H14Cl2F6N2O3. The topological polar surface area (TPSA) is 67.4 Å². The molecule has 0 aromatic heterocycles. The van der Waals surface area contributed by atoms with Gasteiger partial charge in [-0.15, -0.1) is 0 Å². The summed E-state index contributed by atoms with van der Waals surface area (Å²) in [6.45, 7) is 0.694. The van der Waals surface area contributed by atoms with E-state index in [2.05, 4.69) is 4.74 Å². The van der Waals surface area contributed by atoms with E-state index >= 15 is 0 Å². The van der Waals surface area contributed by atoms with Gasteiger partial charge >= 0.3 is 24.0 Å². The van der Waals surface area contributed by atoms with E-state index in [1.165, 1.54) is 18.3 Å². The maximum atomic E-state index is 14.2. The number of benzene rings is 2. The number of amides is 1. The van der Waals surface area contributed by atoms with Crippen LogP contribution in [-0.2, 0) is 15.7 Å². The van der Waals surface area contributed by atoms with E-state index in [0.717, 1.165) is 24.3 Å². The highest BCUT2D eigenvalue weighted by Crippen LogP contribution is 2.36. The van der Waals surface area contributed by atoms with Gasteiger partial charge in [0.25, 0.3) is 5.91 Å². The zero-order chi connectivity index (χ0) is 24.3. The Morgan fingerprint density at radius 3 is 2.19 bits per heavy atom. The number of hydrogen-bond donors (Lipinski definition) is 2. The van der Waals surface area contributed by atoms with Gasteiger partial charge in [-0.2, -0.15) is 26.3 Å². The van der Waals surface area contributed by atoms with Gasteiger partial charge in [0.05, 0.1) is 22.8 Å². The SMILES string of the molecule is CCOC(=O)[C@](NC(=O)c1ccc(Cl)cc1Cl)(Nc1cccc(C(F)(F)F)c1)C(F)(F)F. The molecule has 0 aliphatic heterocycles. The Bertz CT molecular complexity index is 1010. The zero-order valence-corrected chi connectivity index (χ0v) is 17.5. The summed E-state index contributed by atoms with van der Waals surface area (Å²) in [6.07, 6.45) is -10.4. The molecule has 0 fully saturated rings. The van der Waals surface area contributed by atoms with E-state index in [1.807, 2.05) is 0 Å². The lowest BCUT2D eigenvalue weighted by atomic mass is 10.1. The van der Waals surface area contributed by atoms with Crippen molar-refractivity contribution in [1.82, 2.24) is 5.32 Å². The molecule has 32 heavy (non-hydrogen) atoms. The van der Waals surface area contributed by atoms with Gasteiger partial charge in [-0.25, -0.2) is 4.79 Å². The van der Waals surface area contributed by atoms with Crippen molar-refractivity contribution in [2.45, 2.75) is 24.9 Å². The highest BCUT2D eigenvalue weighted by Gasteiger charge is 2.63. The maximum absolute atomic E-state index is 14.2. The third kappa shape index (κ3) is 5.57. The van der Waals surface area contributed by atoms with E-state index in [4.69, 9.17) is 23.2 Å². The van der Waals surface area contributed by atoms with Gasteiger partial charge in [0.1, 0.15) is 0 Å². The van der Waals surface area contributed by atoms with Crippen molar-refractivity contribution in [1.29, 1.82) is 0 Å². The summed E-state index contributed by atoms with van der Waals surface area (Å²) in [6, 6.07) is 5.92. The van der Waals surface area contributed by atoms with Crippen LogP contribution in [0.5, 0.6) is 0 Å². The summed E-state index contributed by atoms with van der Waals surface area (Å²) in [5, 5.41) is 2.90. The number of nitrogens with one attached hydrogen (secondary N) is 2. The number of carbonyl (C=O) groups excluding carboxylic acids is 2. The Hall–Kier alpha value is -2.66. The van der Waals surface area contributed by atoms with Crippen LogP contribution in [0.2, 0.25) is 10.0 Å². The second kappa shape index (κ2) is 9.45. The molecule has 2 N–H and O–H groups in total. The molecule has 0 saturated carbocycles. The number of hydrogen-bond acceptors (Lipinski definition) is 4. The first-order valence-corrected chi connectivity index (χ1v) is 9.44. The molecule has 0 aliphatic rings. The van der Waals surface area contributed by atoms with Gasteiger partial charge in [0, 0.05) is 10.7 Å². The lowest BCUT2D eigenvalue weighted by molar-refractivity contribution is -0.204. The second-order valence-corrected chi connectivity index (χ2v) is 7.09. The third-order valence-electron chi connectivity index (χ3n) is 4.01. The largest absolute Gasteiger partial charge is 0.463 e. The van der Waals surface area contributed by atoms with Crippen molar-refractivity contribution in [3.8, 4) is 0 Å². The van der Waals surface area contributed by atoms with E-state index in [-0.39, 0.29) is 10.0 Å². The molecule has 0 radical (unpaired) electrons. The number of anilines is 1. The molecule has 1 atom stereocenters. The fourth-order valence-electron chi connectivity index (χ4n) is 2.53. The molecular weight excluding hydrogens is 489 g/mol. The van der Waals surface area contributed by atoms with Gasteiger partial charge < -0.3 is 15.4 Å². The monoisotopic (exact) mass is 502 g/mol. The van der Waals surface area contributed by atoms with Crippen LogP contribution >= 0.6 is 23.2 Å². The molecule has 5 nitrogen and oxygen atoms in total. The minimum atomic E-state index is -5.55. The van der Waals surface area contributed by atoms with Crippen LogP contribution in [0.15, 0.2) is 42.5 Å². The fraction of sp³-hybridized carbons (Fsp3) is 0.263. The Morgan fingerprint density at radius 2 is 1.66 bits per heavy atom. The van der Waals surface area contributed by atoms with Gasteiger partial charge in [-0.3, -0.25) is 4.79 Å². The number of halogens is 8. The standard InChI is InChI=1S/C19H14Cl2F6N2O3/c1-2-32-16(31)17(19(25,26)27,28-12-5-3-4-10(8-12)18(22,23)24)29-15(30)13-7-6-11(20)9-14(13)21/h3-9,28H,2H2,1H3,(H,29,30)/t17-/m1/s1. The minimum Gasteiger partial charge on any atom is -0.463 e. The first-order valence-electron chi connectivity index (χ1n) is 8.68. The number of alkyl halides is 6. The molecule has 13 heteroatoms. The van der Waals surface area contributed by atoms with E-state index in [1.54, 1.807) is 5.32 Å². The molecule has 2 rings (SSSR count). The van der Waals surface area contributed by atoms with Crippen molar-refractivity contribution < 1.29 is 40.7 Å². The van der Waals surface area contributed by atoms with Crippen molar-refractivity contribution in [2.24, 2.45) is 0 Å². The van der Waals surface area contributed by atoms with Crippen LogP contribution in [0.1, 0.15) is 22.8 Å². The Morgan fingerprint density at radius 1 is 1.00 bits per heavy atom. The predicted molar refractivity (Wildman–Crippen MR) is 104 cm³/mol. The van der Waals surface area contributed by atoms with Crippen LogP contribution in [-0.4, -0.2) is 30.3 Å². The summed E-state index contributed by atoms with van der Waals surface area (Å²) in [7, 11) is 0. The summed E-state index contributed by atoms with van der Waals surface area (Å²) >= 11 is 11.6. The number of esters is 1. The Kier molecular flexibility index (Phi) is 7.56. The van der Waals surface area contributed by atoms with Gasteiger partial charge in [0.2, 0.25) is 0 Å². The number of ether oxygens (including phenoxy) is 1. The molecule has 0 heterocycles. The van der Waals surface area contributed by atoms with Crippen LogP contribution in [0, 0.1) is 0 Å². The molecule has 174 valence electrons. The van der Waals surface area contributed by atoms with E-state index < -0.39 is 53.3 Å². The third-order valence-corrected chi connectivity index (χ3v) is 4.55.